The number of hydrogen-bond donors (Lipinski definition) is 2. The third-order valence-electron chi connectivity index (χ3n) is 4.37. The molecule has 0 aromatic heterocycles. The first kappa shape index (κ1) is 15.4. The van der Waals surface area contributed by atoms with Crippen molar-refractivity contribution in [3.8, 4) is 0 Å². The highest BCUT2D eigenvalue weighted by Crippen LogP contribution is 2.31. The molecule has 1 saturated carbocycles. The van der Waals surface area contributed by atoms with Crippen LogP contribution in [0.15, 0.2) is 24.3 Å². The van der Waals surface area contributed by atoms with Gasteiger partial charge in [0, 0.05) is 5.69 Å². The number of hydrogen-bond acceptors (Lipinski definition) is 2. The maximum Gasteiger partial charge on any atom is 0.135 e. The van der Waals surface area contributed by atoms with Gasteiger partial charge in [-0.2, -0.15) is 0 Å². The molecule has 2 nitrogen and oxygen atoms in total. The lowest BCUT2D eigenvalue weighted by Gasteiger charge is -2.34. The third kappa shape index (κ3) is 4.52. The van der Waals surface area contributed by atoms with E-state index in [1.807, 2.05) is 0 Å². The van der Waals surface area contributed by atoms with Gasteiger partial charge in [0.1, 0.15) is 5.72 Å². The van der Waals surface area contributed by atoms with Gasteiger partial charge in [0.05, 0.1) is 0 Å². The molecule has 1 aliphatic carbocycles. The maximum atomic E-state index is 10.6. The molecule has 1 aromatic rings. The molecule has 1 fully saturated rings. The largest absolute Gasteiger partial charge is 0.371 e. The van der Waals surface area contributed by atoms with Crippen LogP contribution in [0.4, 0.5) is 5.69 Å². The van der Waals surface area contributed by atoms with E-state index in [4.69, 9.17) is 0 Å². The molecule has 0 amide bonds. The second kappa shape index (κ2) is 7.68. The molecule has 20 heavy (non-hydrogen) atoms. The Morgan fingerprint density at radius 2 is 1.80 bits per heavy atom. The van der Waals surface area contributed by atoms with Gasteiger partial charge < -0.3 is 10.4 Å². The molecule has 2 rings (SSSR count). The summed E-state index contributed by atoms with van der Waals surface area (Å²) in [7, 11) is 0. The van der Waals surface area contributed by atoms with Crippen LogP contribution in [0.2, 0.25) is 0 Å². The van der Waals surface area contributed by atoms with Crippen molar-refractivity contribution in [2.24, 2.45) is 0 Å². The Hall–Kier alpha value is -1.02. The smallest absolute Gasteiger partial charge is 0.135 e. The lowest BCUT2D eigenvalue weighted by molar-refractivity contribution is 0.0316. The quantitative estimate of drug-likeness (QED) is 0.549. The zero-order chi connectivity index (χ0) is 14.3. The number of nitrogens with one attached hydrogen (secondary N) is 1. The van der Waals surface area contributed by atoms with Gasteiger partial charge >= 0.3 is 0 Å². The number of aliphatic hydroxyl groups is 1. The van der Waals surface area contributed by atoms with E-state index < -0.39 is 5.72 Å². The van der Waals surface area contributed by atoms with Crippen LogP contribution in [-0.4, -0.2) is 10.8 Å². The molecule has 112 valence electrons. The molecule has 1 aromatic carbocycles. The van der Waals surface area contributed by atoms with Crippen LogP contribution < -0.4 is 5.32 Å². The third-order valence-corrected chi connectivity index (χ3v) is 4.37. The zero-order valence-corrected chi connectivity index (χ0v) is 12.8. The van der Waals surface area contributed by atoms with Crippen molar-refractivity contribution < 1.29 is 5.11 Å². The lowest BCUT2D eigenvalue weighted by atomic mass is 9.91. The molecule has 2 N–H and O–H groups in total. The van der Waals surface area contributed by atoms with Crippen LogP contribution in [0.1, 0.15) is 70.3 Å². The number of benzene rings is 1. The first-order chi connectivity index (χ1) is 9.73. The summed E-state index contributed by atoms with van der Waals surface area (Å²) in [4.78, 5) is 0. The summed E-state index contributed by atoms with van der Waals surface area (Å²) in [5.41, 5.74) is 1.80. The van der Waals surface area contributed by atoms with Gasteiger partial charge in [-0.15, -0.1) is 0 Å². The minimum atomic E-state index is -0.683. The van der Waals surface area contributed by atoms with Gasteiger partial charge in [-0.1, -0.05) is 50.8 Å². The van der Waals surface area contributed by atoms with E-state index >= 15 is 0 Å². The van der Waals surface area contributed by atoms with Crippen molar-refractivity contribution >= 4 is 5.69 Å². The van der Waals surface area contributed by atoms with Crippen molar-refractivity contribution in [1.29, 1.82) is 0 Å². The van der Waals surface area contributed by atoms with Crippen LogP contribution >= 0.6 is 0 Å². The van der Waals surface area contributed by atoms with Gasteiger partial charge in [-0.3, -0.25) is 0 Å². The Bertz CT molecular complexity index is 396. The maximum absolute atomic E-state index is 10.6. The van der Waals surface area contributed by atoms with Gasteiger partial charge in [0.2, 0.25) is 0 Å². The van der Waals surface area contributed by atoms with Gasteiger partial charge in [-0.05, 0) is 50.2 Å². The van der Waals surface area contributed by atoms with E-state index in [0.29, 0.717) is 0 Å². The first-order valence-corrected chi connectivity index (χ1v) is 8.32. The Balaban J connectivity index is 1.96. The van der Waals surface area contributed by atoms with Gasteiger partial charge in [0.25, 0.3) is 0 Å². The molecule has 0 radical (unpaired) electrons. The molecule has 0 spiro atoms. The van der Waals surface area contributed by atoms with Crippen molar-refractivity contribution in [2.75, 3.05) is 5.32 Å². The van der Waals surface area contributed by atoms with Crippen LogP contribution in [0.3, 0.4) is 0 Å². The van der Waals surface area contributed by atoms with E-state index in [2.05, 4.69) is 36.5 Å². The van der Waals surface area contributed by atoms with Crippen molar-refractivity contribution in [1.82, 2.24) is 0 Å². The summed E-state index contributed by atoms with van der Waals surface area (Å²) in [6.45, 7) is 2.24. The SMILES string of the molecule is CCCCCCc1ccccc1NC1(O)CCCCC1. The topological polar surface area (TPSA) is 32.3 Å². The summed E-state index contributed by atoms with van der Waals surface area (Å²) >= 11 is 0. The normalized spacial score (nSPS) is 17.9. The molecule has 0 saturated heterocycles. The van der Waals surface area contributed by atoms with Crippen molar-refractivity contribution in [3.63, 3.8) is 0 Å². The summed E-state index contributed by atoms with van der Waals surface area (Å²) in [5.74, 6) is 0. The number of anilines is 1. The monoisotopic (exact) mass is 275 g/mol. The van der Waals surface area contributed by atoms with Gasteiger partial charge in [0.15, 0.2) is 0 Å². The molecule has 2 heteroatoms. The van der Waals surface area contributed by atoms with Crippen LogP contribution in [0, 0.1) is 0 Å². The van der Waals surface area contributed by atoms with E-state index in [1.54, 1.807) is 0 Å². The predicted molar refractivity (Wildman–Crippen MR) is 85.9 cm³/mol. The molecule has 0 heterocycles. The molecule has 1 aliphatic rings. The average molecular weight is 275 g/mol. The fourth-order valence-electron chi connectivity index (χ4n) is 3.11. The number of para-hydroxylation sites is 1. The van der Waals surface area contributed by atoms with Crippen LogP contribution in [-0.2, 0) is 6.42 Å². The standard InChI is InChI=1S/C18H29NO/c1-2-3-4-6-11-16-12-7-8-13-17(16)19-18(20)14-9-5-10-15-18/h7-8,12-13,19-20H,2-6,9-11,14-15H2,1H3. The van der Waals surface area contributed by atoms with E-state index in [-0.39, 0.29) is 0 Å². The number of aryl methyl sites for hydroxylation is 1. The molecule has 0 unspecified atom stereocenters. The molecular formula is C18H29NO. The van der Waals surface area contributed by atoms with Crippen molar-refractivity contribution in [2.45, 2.75) is 76.9 Å². The highest BCUT2D eigenvalue weighted by molar-refractivity contribution is 5.52. The van der Waals surface area contributed by atoms with Crippen molar-refractivity contribution in [3.05, 3.63) is 29.8 Å². The minimum Gasteiger partial charge on any atom is -0.371 e. The van der Waals surface area contributed by atoms with Crippen LogP contribution in [0.25, 0.3) is 0 Å². The second-order valence-electron chi connectivity index (χ2n) is 6.19. The fourth-order valence-corrected chi connectivity index (χ4v) is 3.11. The van der Waals surface area contributed by atoms with Gasteiger partial charge in [-0.25, -0.2) is 0 Å². The molecular weight excluding hydrogens is 246 g/mol. The minimum absolute atomic E-state index is 0.683. The Labute approximate surface area is 123 Å². The summed E-state index contributed by atoms with van der Waals surface area (Å²) in [6.07, 6.45) is 11.5. The average Bonchev–Trinajstić information content (AvgIpc) is 2.46. The summed E-state index contributed by atoms with van der Waals surface area (Å²) < 4.78 is 0. The van der Waals surface area contributed by atoms with Crippen LogP contribution in [0.5, 0.6) is 0 Å². The highest BCUT2D eigenvalue weighted by Gasteiger charge is 2.29. The predicted octanol–water partition coefficient (Wildman–Crippen LogP) is 4.87. The molecule has 0 atom stereocenters. The Morgan fingerprint density at radius 1 is 1.05 bits per heavy atom. The fraction of sp³-hybridized carbons (Fsp3) is 0.667. The molecule has 0 bridgehead atoms. The second-order valence-corrected chi connectivity index (χ2v) is 6.19. The summed E-state index contributed by atoms with van der Waals surface area (Å²) in [6, 6.07) is 8.47. The number of unbranched alkanes of at least 4 members (excludes halogenated alkanes) is 3. The Morgan fingerprint density at radius 3 is 2.55 bits per heavy atom. The van der Waals surface area contributed by atoms with E-state index in [1.165, 1.54) is 37.7 Å². The van der Waals surface area contributed by atoms with E-state index in [9.17, 15) is 5.11 Å². The zero-order valence-electron chi connectivity index (χ0n) is 12.8. The lowest BCUT2D eigenvalue weighted by Crippen LogP contribution is -2.40. The highest BCUT2D eigenvalue weighted by atomic mass is 16.3. The summed E-state index contributed by atoms with van der Waals surface area (Å²) in [5, 5.41) is 14.1. The Kier molecular flexibility index (Phi) is 5.90. The first-order valence-electron chi connectivity index (χ1n) is 8.32. The van der Waals surface area contributed by atoms with E-state index in [0.717, 1.165) is 37.8 Å². The number of rotatable bonds is 7. The molecule has 0 aliphatic heterocycles.